The minimum Gasteiger partial charge on any atom is -0.395 e. The van der Waals surface area contributed by atoms with Crippen LogP contribution in [0.1, 0.15) is 20.3 Å². The number of sulfone groups is 1. The van der Waals surface area contributed by atoms with Crippen molar-refractivity contribution in [1.29, 1.82) is 0 Å². The summed E-state index contributed by atoms with van der Waals surface area (Å²) >= 11 is 0. The fraction of sp³-hybridized carbons (Fsp3) is 0.714. The number of aliphatic hydroxyl groups excluding tert-OH is 1. The Morgan fingerprint density at radius 3 is 2.87 bits per heavy atom. The molecule has 0 radical (unpaired) electrons. The third-order valence-corrected chi connectivity index (χ3v) is 5.44. The molecule has 1 saturated heterocycles. The summed E-state index contributed by atoms with van der Waals surface area (Å²) in [5.74, 6) is 0.472. The van der Waals surface area contributed by atoms with Crippen LogP contribution < -0.4 is 5.32 Å². The summed E-state index contributed by atoms with van der Waals surface area (Å²) in [6, 6.07) is -0.803. The van der Waals surface area contributed by atoms with E-state index >= 15 is 0 Å². The van der Waals surface area contributed by atoms with E-state index in [0.29, 0.717) is 18.0 Å². The van der Waals surface area contributed by atoms with Crippen molar-refractivity contribution in [3.8, 4) is 0 Å². The van der Waals surface area contributed by atoms with Crippen LogP contribution >= 0.6 is 0 Å². The number of aromatic nitrogens is 2. The van der Waals surface area contributed by atoms with Gasteiger partial charge in [0.05, 0.1) is 30.0 Å². The number of hydrogen-bond donors (Lipinski definition) is 2. The number of amides is 2. The van der Waals surface area contributed by atoms with Crippen molar-refractivity contribution in [3.05, 3.63) is 12.4 Å². The first-order valence-corrected chi connectivity index (χ1v) is 9.54. The van der Waals surface area contributed by atoms with E-state index in [1.807, 2.05) is 0 Å². The molecule has 130 valence electrons. The highest BCUT2D eigenvalue weighted by Crippen LogP contribution is 2.19. The Labute approximate surface area is 136 Å². The highest BCUT2D eigenvalue weighted by molar-refractivity contribution is 7.91. The van der Waals surface area contributed by atoms with Gasteiger partial charge in [0, 0.05) is 25.3 Å². The molecular weight excluding hydrogens is 320 g/mol. The van der Waals surface area contributed by atoms with Crippen LogP contribution in [0.4, 0.5) is 10.5 Å². The van der Waals surface area contributed by atoms with Gasteiger partial charge in [-0.15, -0.1) is 0 Å². The molecule has 1 aromatic rings. The van der Waals surface area contributed by atoms with E-state index in [2.05, 4.69) is 24.3 Å². The summed E-state index contributed by atoms with van der Waals surface area (Å²) in [4.78, 5) is 13.8. The molecule has 1 fully saturated rings. The van der Waals surface area contributed by atoms with Crippen LogP contribution in [0.3, 0.4) is 0 Å². The SMILES string of the molecule is CC(C)Cn1cc(NC(=O)N(CCO)C2CCS(=O)(=O)C2)cn1. The summed E-state index contributed by atoms with van der Waals surface area (Å²) < 4.78 is 25.0. The van der Waals surface area contributed by atoms with Crippen LogP contribution in [0.2, 0.25) is 0 Å². The molecule has 9 heteroatoms. The lowest BCUT2D eigenvalue weighted by atomic mass is 10.2. The Morgan fingerprint density at radius 1 is 1.57 bits per heavy atom. The maximum atomic E-state index is 12.4. The first-order valence-electron chi connectivity index (χ1n) is 7.72. The van der Waals surface area contributed by atoms with Gasteiger partial charge < -0.3 is 15.3 Å². The van der Waals surface area contributed by atoms with Gasteiger partial charge in [-0.1, -0.05) is 13.8 Å². The van der Waals surface area contributed by atoms with Gasteiger partial charge in [-0.25, -0.2) is 13.2 Å². The molecule has 2 rings (SSSR count). The van der Waals surface area contributed by atoms with Crippen molar-refractivity contribution >= 4 is 21.6 Å². The Kier molecular flexibility index (Phi) is 5.64. The van der Waals surface area contributed by atoms with Gasteiger partial charge in [-0.3, -0.25) is 4.68 Å². The lowest BCUT2D eigenvalue weighted by molar-refractivity contribution is 0.169. The monoisotopic (exact) mass is 344 g/mol. The number of carbonyl (C=O) groups excluding carboxylic acids is 1. The molecule has 0 spiro atoms. The first kappa shape index (κ1) is 17.7. The molecule has 2 amide bonds. The van der Waals surface area contributed by atoms with E-state index in [0.717, 1.165) is 6.54 Å². The Bertz CT molecular complexity index is 641. The molecule has 0 saturated carbocycles. The Balaban J connectivity index is 2.02. The summed E-state index contributed by atoms with van der Waals surface area (Å²) in [5, 5.41) is 16.1. The van der Waals surface area contributed by atoms with Gasteiger partial charge in [0.15, 0.2) is 9.84 Å². The molecule has 2 heterocycles. The second kappa shape index (κ2) is 7.31. The van der Waals surface area contributed by atoms with Gasteiger partial charge in [0.1, 0.15) is 0 Å². The summed E-state index contributed by atoms with van der Waals surface area (Å²) in [6.07, 6.45) is 3.70. The van der Waals surface area contributed by atoms with E-state index in [4.69, 9.17) is 5.11 Å². The molecule has 0 aliphatic carbocycles. The predicted octanol–water partition coefficient (Wildman–Crippen LogP) is 0.552. The fourth-order valence-corrected chi connectivity index (χ4v) is 4.41. The standard InChI is InChI=1S/C14H24N4O4S/c1-11(2)8-17-9-12(7-15-17)16-14(20)18(4-5-19)13-3-6-23(21,22)10-13/h7,9,11,13,19H,3-6,8,10H2,1-2H3,(H,16,20). The molecule has 23 heavy (non-hydrogen) atoms. The Morgan fingerprint density at radius 2 is 2.30 bits per heavy atom. The third-order valence-electron chi connectivity index (χ3n) is 3.69. The smallest absolute Gasteiger partial charge is 0.322 e. The second-order valence-corrected chi connectivity index (χ2v) is 8.48. The van der Waals surface area contributed by atoms with Crippen molar-refractivity contribution in [1.82, 2.24) is 14.7 Å². The molecule has 0 bridgehead atoms. The highest BCUT2D eigenvalue weighted by Gasteiger charge is 2.34. The maximum Gasteiger partial charge on any atom is 0.322 e. The number of nitrogens with zero attached hydrogens (tertiary/aromatic N) is 3. The number of aliphatic hydroxyl groups is 1. The van der Waals surface area contributed by atoms with E-state index in [1.54, 1.807) is 17.1 Å². The average Bonchev–Trinajstić information content (AvgIpc) is 3.01. The van der Waals surface area contributed by atoms with Crippen molar-refractivity contribution in [2.24, 2.45) is 5.92 Å². The van der Waals surface area contributed by atoms with Gasteiger partial charge in [0.2, 0.25) is 0 Å². The number of nitrogens with one attached hydrogen (secondary N) is 1. The summed E-state index contributed by atoms with van der Waals surface area (Å²) in [5.41, 5.74) is 0.555. The van der Waals surface area contributed by atoms with Gasteiger partial charge in [-0.2, -0.15) is 5.10 Å². The predicted molar refractivity (Wildman–Crippen MR) is 86.9 cm³/mol. The third kappa shape index (κ3) is 4.93. The minimum absolute atomic E-state index is 0.0486. The molecule has 1 aliphatic heterocycles. The van der Waals surface area contributed by atoms with Crippen LogP contribution in [0.15, 0.2) is 12.4 Å². The van der Waals surface area contributed by atoms with Gasteiger partial charge in [-0.05, 0) is 12.3 Å². The Hall–Kier alpha value is -1.61. The zero-order chi connectivity index (χ0) is 17.0. The van der Waals surface area contributed by atoms with Crippen LogP contribution in [0, 0.1) is 5.92 Å². The molecule has 1 aliphatic rings. The zero-order valence-corrected chi connectivity index (χ0v) is 14.3. The summed E-state index contributed by atoms with van der Waals surface area (Å²) in [6.45, 7) is 4.78. The highest BCUT2D eigenvalue weighted by atomic mass is 32.2. The lowest BCUT2D eigenvalue weighted by Crippen LogP contribution is -2.45. The molecular formula is C14H24N4O4S. The number of rotatable bonds is 6. The van der Waals surface area contributed by atoms with Gasteiger partial charge in [0.25, 0.3) is 0 Å². The zero-order valence-electron chi connectivity index (χ0n) is 13.5. The molecule has 0 aromatic carbocycles. The number of urea groups is 1. The van der Waals surface area contributed by atoms with Crippen LogP contribution in [-0.2, 0) is 16.4 Å². The fourth-order valence-electron chi connectivity index (χ4n) is 2.68. The van der Waals surface area contributed by atoms with Crippen molar-refractivity contribution in [2.75, 3.05) is 30.0 Å². The molecule has 2 N–H and O–H groups in total. The number of anilines is 1. The molecule has 1 unspecified atom stereocenters. The van der Waals surface area contributed by atoms with Crippen LogP contribution in [0.5, 0.6) is 0 Å². The van der Waals surface area contributed by atoms with E-state index in [1.165, 1.54) is 4.90 Å². The normalized spacial score (nSPS) is 19.9. The largest absolute Gasteiger partial charge is 0.395 e. The van der Waals surface area contributed by atoms with Crippen LogP contribution in [-0.4, -0.2) is 64.9 Å². The van der Waals surface area contributed by atoms with E-state index < -0.39 is 21.9 Å². The maximum absolute atomic E-state index is 12.4. The molecule has 1 atom stereocenters. The molecule has 1 aromatic heterocycles. The number of hydrogen-bond acceptors (Lipinski definition) is 5. The first-order chi connectivity index (χ1) is 10.8. The average molecular weight is 344 g/mol. The minimum atomic E-state index is -3.09. The van der Waals surface area contributed by atoms with Crippen molar-refractivity contribution in [2.45, 2.75) is 32.9 Å². The number of carbonyl (C=O) groups is 1. The van der Waals surface area contributed by atoms with Gasteiger partial charge >= 0.3 is 6.03 Å². The lowest BCUT2D eigenvalue weighted by Gasteiger charge is -2.27. The summed E-state index contributed by atoms with van der Waals surface area (Å²) in [7, 11) is -3.09. The quantitative estimate of drug-likeness (QED) is 0.784. The van der Waals surface area contributed by atoms with Crippen LogP contribution in [0.25, 0.3) is 0 Å². The van der Waals surface area contributed by atoms with E-state index in [-0.39, 0.29) is 24.7 Å². The second-order valence-electron chi connectivity index (χ2n) is 6.25. The van der Waals surface area contributed by atoms with Crippen molar-refractivity contribution in [3.63, 3.8) is 0 Å². The molecule has 8 nitrogen and oxygen atoms in total. The van der Waals surface area contributed by atoms with E-state index in [9.17, 15) is 13.2 Å². The van der Waals surface area contributed by atoms with Crippen molar-refractivity contribution < 1.29 is 18.3 Å². The topological polar surface area (TPSA) is 105 Å².